The van der Waals surface area contributed by atoms with Crippen LogP contribution in [0, 0.1) is 13.8 Å². The number of aromatic amines is 1. The van der Waals surface area contributed by atoms with Gasteiger partial charge in [-0.2, -0.15) is 0 Å². The van der Waals surface area contributed by atoms with Gasteiger partial charge in [0.1, 0.15) is 0 Å². The minimum Gasteiger partial charge on any atom is -0.290 e. The maximum absolute atomic E-state index is 13.3. The Balaban J connectivity index is 1.99. The van der Waals surface area contributed by atoms with Crippen LogP contribution in [0.3, 0.4) is 0 Å². The van der Waals surface area contributed by atoms with Crippen molar-refractivity contribution in [2.45, 2.75) is 13.8 Å². The van der Waals surface area contributed by atoms with E-state index in [0.717, 1.165) is 28.1 Å². The zero-order valence-corrected chi connectivity index (χ0v) is 14.9. The molecule has 3 heteroatoms. The Labute approximate surface area is 152 Å². The largest absolute Gasteiger partial charge is 0.290 e. The number of nitrogens with zero attached hydrogens (tertiary/aromatic N) is 1. The first kappa shape index (κ1) is 16.2. The Morgan fingerprint density at radius 3 is 2.15 bits per heavy atom. The van der Waals surface area contributed by atoms with E-state index >= 15 is 0 Å². The first-order valence-corrected chi connectivity index (χ1v) is 8.68. The van der Waals surface area contributed by atoms with Crippen LogP contribution in [0.2, 0.25) is 0 Å². The SMILES string of the molecule is Cc1ccc(-c2[nH]n(-c3cccc(C)c3)c(=O)c2-c2ccccc2)cc1. The molecule has 0 spiro atoms. The summed E-state index contributed by atoms with van der Waals surface area (Å²) in [6.45, 7) is 4.08. The molecule has 4 aromatic rings. The van der Waals surface area contributed by atoms with Crippen molar-refractivity contribution >= 4 is 0 Å². The molecule has 1 heterocycles. The van der Waals surface area contributed by atoms with Gasteiger partial charge in [-0.1, -0.05) is 72.3 Å². The van der Waals surface area contributed by atoms with Crippen LogP contribution in [0.5, 0.6) is 0 Å². The molecule has 3 nitrogen and oxygen atoms in total. The summed E-state index contributed by atoms with van der Waals surface area (Å²) in [6, 6.07) is 26.0. The molecule has 0 atom stereocenters. The average Bonchev–Trinajstić information content (AvgIpc) is 3.00. The standard InChI is InChI=1S/C23H20N2O/c1-16-11-13-19(14-12-16)22-21(18-8-4-3-5-9-18)23(26)25(24-22)20-10-6-7-17(2)15-20/h3-15,24H,1-2H3. The van der Waals surface area contributed by atoms with Crippen LogP contribution in [0.15, 0.2) is 83.7 Å². The van der Waals surface area contributed by atoms with Crippen molar-refractivity contribution in [3.05, 3.63) is 100 Å². The molecule has 0 amide bonds. The first-order valence-electron chi connectivity index (χ1n) is 8.68. The second kappa shape index (κ2) is 6.52. The molecule has 128 valence electrons. The number of hydrogen-bond acceptors (Lipinski definition) is 1. The van der Waals surface area contributed by atoms with Crippen molar-refractivity contribution in [2.75, 3.05) is 0 Å². The van der Waals surface area contributed by atoms with Crippen LogP contribution < -0.4 is 5.56 Å². The summed E-state index contributed by atoms with van der Waals surface area (Å²) in [6.07, 6.45) is 0. The summed E-state index contributed by atoms with van der Waals surface area (Å²) < 4.78 is 1.63. The van der Waals surface area contributed by atoms with E-state index in [0.29, 0.717) is 5.56 Å². The number of H-pyrrole nitrogens is 1. The Hall–Kier alpha value is -3.33. The Bertz CT molecular complexity index is 1100. The van der Waals surface area contributed by atoms with Gasteiger partial charge < -0.3 is 0 Å². The number of nitrogens with one attached hydrogen (secondary N) is 1. The lowest BCUT2D eigenvalue weighted by Crippen LogP contribution is -2.15. The van der Waals surface area contributed by atoms with E-state index in [4.69, 9.17) is 0 Å². The molecule has 0 aliphatic rings. The zero-order valence-electron chi connectivity index (χ0n) is 14.9. The van der Waals surface area contributed by atoms with E-state index in [-0.39, 0.29) is 5.56 Å². The normalized spacial score (nSPS) is 10.8. The number of rotatable bonds is 3. The van der Waals surface area contributed by atoms with Crippen LogP contribution >= 0.6 is 0 Å². The van der Waals surface area contributed by atoms with Gasteiger partial charge in [-0.3, -0.25) is 9.89 Å². The summed E-state index contributed by atoms with van der Waals surface area (Å²) in [7, 11) is 0. The predicted octanol–water partition coefficient (Wildman–Crippen LogP) is 5.12. The molecular weight excluding hydrogens is 320 g/mol. The van der Waals surface area contributed by atoms with E-state index in [2.05, 4.69) is 24.2 Å². The number of hydrogen-bond donors (Lipinski definition) is 1. The van der Waals surface area contributed by atoms with Gasteiger partial charge in [0.2, 0.25) is 0 Å². The minimum atomic E-state index is -0.0441. The van der Waals surface area contributed by atoms with Crippen molar-refractivity contribution in [3.63, 3.8) is 0 Å². The van der Waals surface area contributed by atoms with Gasteiger partial charge in [-0.05, 0) is 37.1 Å². The van der Waals surface area contributed by atoms with Crippen LogP contribution in [0.1, 0.15) is 11.1 Å². The monoisotopic (exact) mass is 340 g/mol. The average molecular weight is 340 g/mol. The molecule has 0 bridgehead atoms. The van der Waals surface area contributed by atoms with Gasteiger partial charge in [0.15, 0.2) is 0 Å². The number of aromatic nitrogens is 2. The highest BCUT2D eigenvalue weighted by atomic mass is 16.1. The summed E-state index contributed by atoms with van der Waals surface area (Å²) in [5, 5.41) is 3.33. The van der Waals surface area contributed by atoms with Gasteiger partial charge in [-0.15, -0.1) is 0 Å². The smallest absolute Gasteiger partial charge is 0.279 e. The second-order valence-electron chi connectivity index (χ2n) is 6.57. The lowest BCUT2D eigenvalue weighted by molar-refractivity contribution is 0.852. The van der Waals surface area contributed by atoms with Gasteiger partial charge in [0.05, 0.1) is 16.9 Å². The lowest BCUT2D eigenvalue weighted by atomic mass is 10.0. The third kappa shape index (κ3) is 2.88. The molecule has 0 unspecified atom stereocenters. The van der Waals surface area contributed by atoms with E-state index in [1.807, 2.05) is 73.7 Å². The zero-order chi connectivity index (χ0) is 18.1. The molecule has 4 rings (SSSR count). The van der Waals surface area contributed by atoms with Gasteiger partial charge in [-0.25, -0.2) is 4.68 Å². The van der Waals surface area contributed by atoms with E-state index in [1.54, 1.807) is 4.68 Å². The first-order chi connectivity index (χ1) is 12.6. The quantitative estimate of drug-likeness (QED) is 0.552. The van der Waals surface area contributed by atoms with Crippen molar-refractivity contribution in [1.29, 1.82) is 0 Å². The topological polar surface area (TPSA) is 37.8 Å². The maximum Gasteiger partial charge on any atom is 0.279 e. The highest BCUT2D eigenvalue weighted by Gasteiger charge is 2.18. The molecular formula is C23H20N2O. The summed E-state index contributed by atoms with van der Waals surface area (Å²) in [5.74, 6) is 0. The van der Waals surface area contributed by atoms with E-state index < -0.39 is 0 Å². The third-order valence-corrected chi connectivity index (χ3v) is 4.55. The van der Waals surface area contributed by atoms with Gasteiger partial charge in [0, 0.05) is 5.56 Å². The van der Waals surface area contributed by atoms with Gasteiger partial charge >= 0.3 is 0 Å². The molecule has 26 heavy (non-hydrogen) atoms. The molecule has 1 aromatic heterocycles. The fraction of sp³-hybridized carbons (Fsp3) is 0.0870. The van der Waals surface area contributed by atoms with Crippen molar-refractivity contribution < 1.29 is 0 Å². The molecule has 0 fully saturated rings. The Kier molecular flexibility index (Phi) is 4.05. The summed E-state index contributed by atoms with van der Waals surface area (Å²) in [5.41, 5.74) is 6.54. The number of benzene rings is 3. The van der Waals surface area contributed by atoms with E-state index in [1.165, 1.54) is 5.56 Å². The van der Waals surface area contributed by atoms with Gasteiger partial charge in [0.25, 0.3) is 5.56 Å². The molecule has 0 aliphatic carbocycles. The predicted molar refractivity (Wildman–Crippen MR) is 107 cm³/mol. The molecule has 0 radical (unpaired) electrons. The lowest BCUT2D eigenvalue weighted by Gasteiger charge is -2.04. The fourth-order valence-electron chi connectivity index (χ4n) is 3.19. The van der Waals surface area contributed by atoms with Crippen molar-refractivity contribution in [3.8, 4) is 28.1 Å². The van der Waals surface area contributed by atoms with Crippen LogP contribution in [-0.2, 0) is 0 Å². The van der Waals surface area contributed by atoms with Crippen LogP contribution in [0.25, 0.3) is 28.1 Å². The second-order valence-corrected chi connectivity index (χ2v) is 6.57. The molecule has 3 aromatic carbocycles. The molecule has 0 saturated carbocycles. The van der Waals surface area contributed by atoms with Crippen LogP contribution in [0.4, 0.5) is 0 Å². The van der Waals surface area contributed by atoms with E-state index in [9.17, 15) is 4.79 Å². The Morgan fingerprint density at radius 1 is 0.731 bits per heavy atom. The number of aryl methyl sites for hydroxylation is 2. The third-order valence-electron chi connectivity index (χ3n) is 4.55. The van der Waals surface area contributed by atoms with Crippen LogP contribution in [-0.4, -0.2) is 9.78 Å². The Morgan fingerprint density at radius 2 is 1.46 bits per heavy atom. The fourth-order valence-corrected chi connectivity index (χ4v) is 3.19. The summed E-state index contributed by atoms with van der Waals surface area (Å²) in [4.78, 5) is 13.3. The molecule has 0 aliphatic heterocycles. The maximum atomic E-state index is 13.3. The molecule has 0 saturated heterocycles. The molecule has 1 N–H and O–H groups in total. The van der Waals surface area contributed by atoms with Crippen molar-refractivity contribution in [2.24, 2.45) is 0 Å². The highest BCUT2D eigenvalue weighted by Crippen LogP contribution is 2.29. The minimum absolute atomic E-state index is 0.0441. The highest BCUT2D eigenvalue weighted by molar-refractivity contribution is 5.80. The summed E-state index contributed by atoms with van der Waals surface area (Å²) >= 11 is 0. The van der Waals surface area contributed by atoms with Crippen molar-refractivity contribution in [1.82, 2.24) is 9.78 Å².